The lowest BCUT2D eigenvalue weighted by atomic mass is 9.71. The number of benzene rings is 3. The van der Waals surface area contributed by atoms with Gasteiger partial charge in [-0.2, -0.15) is 0 Å². The molecule has 0 aliphatic heterocycles. The predicted molar refractivity (Wildman–Crippen MR) is 171 cm³/mol. The van der Waals surface area contributed by atoms with Gasteiger partial charge in [-0.05, 0) is 86.2 Å². The van der Waals surface area contributed by atoms with Crippen LogP contribution in [0.2, 0.25) is 10.0 Å². The van der Waals surface area contributed by atoms with Gasteiger partial charge in [0.05, 0.1) is 5.60 Å². The maximum Gasteiger partial charge on any atom is 0.303 e. The zero-order valence-electron chi connectivity index (χ0n) is 25.4. The summed E-state index contributed by atoms with van der Waals surface area (Å²) in [7, 11) is 3.14. The number of halogens is 3. The number of carboxylic acids is 1. The van der Waals surface area contributed by atoms with Crippen LogP contribution in [0.15, 0.2) is 60.7 Å². The van der Waals surface area contributed by atoms with Crippen LogP contribution in [-0.4, -0.2) is 41.5 Å². The van der Waals surface area contributed by atoms with E-state index in [0.29, 0.717) is 33.9 Å². The van der Waals surface area contributed by atoms with Gasteiger partial charge in [0.1, 0.15) is 5.82 Å². The second kappa shape index (κ2) is 14.5. The van der Waals surface area contributed by atoms with Gasteiger partial charge >= 0.3 is 5.97 Å². The number of hydrogen-bond donors (Lipinski definition) is 2. The summed E-state index contributed by atoms with van der Waals surface area (Å²) in [6.07, 6.45) is 5.67. The highest BCUT2D eigenvalue weighted by atomic mass is 35.5. The molecule has 4 rings (SSSR count). The van der Waals surface area contributed by atoms with Gasteiger partial charge in [-0.25, -0.2) is 4.39 Å². The number of aliphatic carboxylic acids is 1. The minimum Gasteiger partial charge on any atom is -0.481 e. The Labute approximate surface area is 268 Å². The first-order valence-electron chi connectivity index (χ1n) is 15.0. The molecule has 0 saturated heterocycles. The lowest BCUT2D eigenvalue weighted by molar-refractivity contribution is -0.140. The molecule has 0 bridgehead atoms. The third-order valence-corrected chi connectivity index (χ3v) is 9.79. The molecule has 0 radical (unpaired) electrons. The minimum absolute atomic E-state index is 0.0272. The Balaban J connectivity index is 1.98. The molecule has 44 heavy (non-hydrogen) atoms. The van der Waals surface area contributed by atoms with Gasteiger partial charge in [-0.15, -0.1) is 0 Å². The topological polar surface area (TPSA) is 87.1 Å². The highest BCUT2D eigenvalue weighted by Crippen LogP contribution is 2.47. The number of carbonyl (C=O) groups is 2. The van der Waals surface area contributed by atoms with Crippen LogP contribution in [0.5, 0.6) is 0 Å². The van der Waals surface area contributed by atoms with Crippen molar-refractivity contribution in [2.45, 2.75) is 75.7 Å². The SMILES string of the molecule is CCC(O)(c1cc(F)c([C@](OC)(c2ccc(Cl)cc2)N(C)C(CCC(=O)O)c2ccc(Cl)cc2)c(C=O)c1)C1CCCCC1. The van der Waals surface area contributed by atoms with E-state index in [1.54, 1.807) is 66.5 Å². The van der Waals surface area contributed by atoms with Gasteiger partial charge in [0.15, 0.2) is 12.0 Å². The van der Waals surface area contributed by atoms with Gasteiger partial charge in [-0.3, -0.25) is 14.5 Å². The molecule has 2 N–H and O–H groups in total. The fourth-order valence-corrected chi connectivity index (χ4v) is 7.20. The van der Waals surface area contributed by atoms with E-state index < -0.39 is 29.2 Å². The quantitative estimate of drug-likeness (QED) is 0.143. The molecule has 2 unspecified atom stereocenters. The summed E-state index contributed by atoms with van der Waals surface area (Å²) in [6.45, 7) is 1.88. The monoisotopic (exact) mass is 643 g/mol. The van der Waals surface area contributed by atoms with Crippen molar-refractivity contribution in [3.63, 3.8) is 0 Å². The van der Waals surface area contributed by atoms with Crippen LogP contribution in [-0.2, 0) is 20.9 Å². The van der Waals surface area contributed by atoms with E-state index >= 15 is 4.39 Å². The number of hydrogen-bond acceptors (Lipinski definition) is 5. The Kier molecular flexibility index (Phi) is 11.2. The molecule has 1 fully saturated rings. The predicted octanol–water partition coefficient (Wildman–Crippen LogP) is 8.51. The molecular formula is C35H40Cl2FNO5. The van der Waals surface area contributed by atoms with Gasteiger partial charge in [0, 0.05) is 46.3 Å². The fraction of sp³-hybridized carbons (Fsp3) is 0.429. The van der Waals surface area contributed by atoms with Crippen LogP contribution in [0.1, 0.15) is 96.9 Å². The summed E-state index contributed by atoms with van der Waals surface area (Å²) in [5, 5.41) is 22.5. The molecule has 0 heterocycles. The van der Waals surface area contributed by atoms with Crippen molar-refractivity contribution in [1.29, 1.82) is 0 Å². The van der Waals surface area contributed by atoms with E-state index in [-0.39, 0.29) is 29.9 Å². The zero-order chi connectivity index (χ0) is 32.1. The molecule has 0 spiro atoms. The minimum atomic E-state index is -1.71. The largest absolute Gasteiger partial charge is 0.481 e. The highest BCUT2D eigenvalue weighted by Gasteiger charge is 2.47. The van der Waals surface area contributed by atoms with Gasteiger partial charge in [0.2, 0.25) is 0 Å². The van der Waals surface area contributed by atoms with Gasteiger partial charge < -0.3 is 14.9 Å². The first kappa shape index (κ1) is 34.1. The van der Waals surface area contributed by atoms with Crippen LogP contribution in [0, 0.1) is 11.7 Å². The van der Waals surface area contributed by atoms with Crippen LogP contribution in [0.4, 0.5) is 4.39 Å². The summed E-state index contributed by atoms with van der Waals surface area (Å²) in [5.41, 5.74) is -1.45. The Morgan fingerprint density at radius 2 is 1.64 bits per heavy atom. The second-order valence-corrected chi connectivity index (χ2v) is 12.5. The first-order chi connectivity index (χ1) is 21.0. The van der Waals surface area contributed by atoms with Crippen LogP contribution in [0.25, 0.3) is 0 Å². The summed E-state index contributed by atoms with van der Waals surface area (Å²) in [4.78, 5) is 26.3. The molecule has 6 nitrogen and oxygen atoms in total. The summed E-state index contributed by atoms with van der Waals surface area (Å²) in [5.74, 6) is -1.76. The third kappa shape index (κ3) is 6.73. The fourth-order valence-electron chi connectivity index (χ4n) is 6.95. The molecular weight excluding hydrogens is 604 g/mol. The Bertz CT molecular complexity index is 1440. The van der Waals surface area contributed by atoms with Crippen molar-refractivity contribution in [2.24, 2.45) is 5.92 Å². The number of aldehydes is 1. The molecule has 3 aromatic rings. The number of aliphatic hydroxyl groups is 1. The van der Waals surface area contributed by atoms with E-state index in [2.05, 4.69) is 0 Å². The van der Waals surface area contributed by atoms with E-state index in [0.717, 1.165) is 37.7 Å². The lowest BCUT2D eigenvalue weighted by Crippen LogP contribution is -2.49. The lowest BCUT2D eigenvalue weighted by Gasteiger charge is -2.46. The van der Waals surface area contributed by atoms with Crippen molar-refractivity contribution < 1.29 is 28.9 Å². The maximum absolute atomic E-state index is 16.9. The van der Waals surface area contributed by atoms with E-state index in [9.17, 15) is 19.8 Å². The van der Waals surface area contributed by atoms with Crippen LogP contribution < -0.4 is 0 Å². The number of nitrogens with zero attached hydrogens (tertiary/aromatic N) is 1. The smallest absolute Gasteiger partial charge is 0.303 e. The zero-order valence-corrected chi connectivity index (χ0v) is 26.9. The number of rotatable bonds is 13. The van der Waals surface area contributed by atoms with Gasteiger partial charge in [-0.1, -0.05) is 73.7 Å². The molecule has 9 heteroatoms. The van der Waals surface area contributed by atoms with Crippen molar-refractivity contribution >= 4 is 35.5 Å². The van der Waals surface area contributed by atoms with Crippen molar-refractivity contribution in [3.8, 4) is 0 Å². The number of ether oxygens (including phenoxy) is 1. The molecule has 3 atom stereocenters. The van der Waals surface area contributed by atoms with Crippen molar-refractivity contribution in [2.75, 3.05) is 14.2 Å². The van der Waals surface area contributed by atoms with Crippen LogP contribution in [0.3, 0.4) is 0 Å². The number of carboxylic acid groups (broad SMARTS) is 1. The highest BCUT2D eigenvalue weighted by molar-refractivity contribution is 6.30. The summed E-state index contributed by atoms with van der Waals surface area (Å²) < 4.78 is 23.1. The molecule has 0 aromatic heterocycles. The van der Waals surface area contributed by atoms with E-state index in [1.165, 1.54) is 13.2 Å². The Morgan fingerprint density at radius 3 is 2.16 bits per heavy atom. The Morgan fingerprint density at radius 1 is 1.05 bits per heavy atom. The standard InChI is InChI=1S/C35H40Cl2FNO5/c1-4-34(43,25-8-6-5-7-9-25)27-20-24(22-40)33(30(38)21-27)35(44-3,26-12-16-29(37)17-13-26)39(2)31(18-19-32(41)42)23-10-14-28(36)15-11-23/h10-17,20-22,25,31,43H,4-9,18-19H2,1-3H3,(H,41,42)/t31?,34?,35-/m1/s1. The molecule has 1 aliphatic rings. The first-order valence-corrected chi connectivity index (χ1v) is 15.8. The normalized spacial score (nSPS) is 17.5. The van der Waals surface area contributed by atoms with Crippen molar-refractivity contribution in [3.05, 3.63) is 104 Å². The second-order valence-electron chi connectivity index (χ2n) is 11.6. The van der Waals surface area contributed by atoms with E-state index in [1.807, 2.05) is 6.92 Å². The summed E-state index contributed by atoms with van der Waals surface area (Å²) >= 11 is 12.4. The number of carbonyl (C=O) groups excluding carboxylic acids is 1. The summed E-state index contributed by atoms with van der Waals surface area (Å²) in [6, 6.07) is 16.0. The maximum atomic E-state index is 16.9. The molecule has 1 aliphatic carbocycles. The molecule has 236 valence electrons. The molecule has 0 amide bonds. The van der Waals surface area contributed by atoms with Crippen LogP contribution >= 0.6 is 23.2 Å². The average molecular weight is 645 g/mol. The molecule has 1 saturated carbocycles. The Hall–Kier alpha value is -2.81. The van der Waals surface area contributed by atoms with E-state index in [4.69, 9.17) is 27.9 Å². The number of methoxy groups -OCH3 is 1. The molecule has 3 aromatic carbocycles. The third-order valence-electron chi connectivity index (χ3n) is 9.29. The van der Waals surface area contributed by atoms with Crippen molar-refractivity contribution in [1.82, 2.24) is 4.90 Å². The average Bonchev–Trinajstić information content (AvgIpc) is 3.03. The van der Waals surface area contributed by atoms with Gasteiger partial charge in [0.25, 0.3) is 0 Å².